The smallest absolute Gasteiger partial charge is 0.371 e. The molecule has 3 saturated heterocycles. The van der Waals surface area contributed by atoms with Gasteiger partial charge in [-0.1, -0.05) is 58.5 Å². The van der Waals surface area contributed by atoms with Gasteiger partial charge < -0.3 is 38.3 Å². The number of carbonyl (C=O) groups excluding carboxylic acids is 2. The summed E-state index contributed by atoms with van der Waals surface area (Å²) >= 11 is 32.0. The maximum absolute atomic E-state index is 13.2. The minimum Gasteiger partial charge on any atom is -0.475 e. The van der Waals surface area contributed by atoms with Crippen LogP contribution in [0.3, 0.4) is 0 Å². The van der Waals surface area contributed by atoms with Crippen LogP contribution < -0.4 is 9.80 Å². The van der Waals surface area contributed by atoms with E-state index in [1.807, 2.05) is 18.2 Å². The standard InChI is InChI=1S/C23H22BrCl2N3O5S.C21H17BrCl2N2O4/c24-21-15-14-20(23(30)28-10-12-33-13-11-28)34-19(15)5-4-18(21)27-6-8-29(9-7-27)35(31,32)22-16(25)2-1-3-17(22)26;22-19-12-11-17(21(28)29)30-16(12)6-5-15(19)25-7-2-8-26(10-9-25)20(27)18-13(23)3-1-4-14(18)24/h1-5,14H,6-13H2;1,3-6,11H,2,7-10H2,(H,28,29). The van der Waals surface area contributed by atoms with E-state index in [0.29, 0.717) is 91.2 Å². The van der Waals surface area contributed by atoms with Gasteiger partial charge in [0.05, 0.1) is 59.2 Å². The van der Waals surface area contributed by atoms with Crippen molar-refractivity contribution in [2.45, 2.75) is 11.3 Å². The molecule has 4 aromatic carbocycles. The Bertz CT molecular complexity index is 2880. The molecule has 0 bridgehead atoms. The Labute approximate surface area is 410 Å². The fourth-order valence-corrected chi connectivity index (χ4v) is 12.5. The predicted molar refractivity (Wildman–Crippen MR) is 258 cm³/mol. The first-order valence-corrected chi connectivity index (χ1v) is 24.9. The van der Waals surface area contributed by atoms with Crippen LogP contribution in [0.25, 0.3) is 21.9 Å². The second kappa shape index (κ2) is 20.1. The van der Waals surface area contributed by atoms with Gasteiger partial charge in [-0.15, -0.1) is 0 Å². The number of hydrogen-bond acceptors (Lipinski definition) is 10. The number of benzene rings is 4. The lowest BCUT2D eigenvalue weighted by atomic mass is 10.2. The highest BCUT2D eigenvalue weighted by Gasteiger charge is 2.33. The molecule has 3 aliphatic heterocycles. The third kappa shape index (κ3) is 9.86. The summed E-state index contributed by atoms with van der Waals surface area (Å²) in [5.74, 6) is -1.26. The quantitative estimate of drug-likeness (QED) is 0.162. The van der Waals surface area contributed by atoms with Gasteiger partial charge in [-0.2, -0.15) is 4.31 Å². The molecule has 0 saturated carbocycles. The number of amides is 2. The number of carboxylic acid groups (broad SMARTS) is 1. The van der Waals surface area contributed by atoms with Gasteiger partial charge in [-0.25, -0.2) is 13.2 Å². The number of sulfonamides is 1. The third-order valence-electron chi connectivity index (χ3n) is 11.3. The number of morpholine rings is 1. The van der Waals surface area contributed by atoms with Crippen molar-refractivity contribution in [3.63, 3.8) is 0 Å². The van der Waals surface area contributed by atoms with Gasteiger partial charge >= 0.3 is 5.97 Å². The Morgan fingerprint density at radius 3 is 1.65 bits per heavy atom. The molecule has 6 aromatic rings. The zero-order valence-electron chi connectivity index (χ0n) is 34.2. The number of aromatic carboxylic acids is 1. The van der Waals surface area contributed by atoms with Crippen LogP contribution in [0.15, 0.2) is 95.5 Å². The summed E-state index contributed by atoms with van der Waals surface area (Å²) < 4.78 is 45.9. The molecular formula is C44H39Br2Cl4N5O9S. The number of furan rings is 2. The van der Waals surface area contributed by atoms with E-state index in [4.69, 9.17) is 60.0 Å². The minimum absolute atomic E-state index is 0.0600. The van der Waals surface area contributed by atoms with Crippen molar-refractivity contribution in [3.05, 3.63) is 119 Å². The molecule has 3 fully saturated rings. The number of carboxylic acids is 1. The van der Waals surface area contributed by atoms with Crippen LogP contribution in [-0.2, 0) is 14.8 Å². The molecule has 0 aliphatic carbocycles. The summed E-state index contributed by atoms with van der Waals surface area (Å²) in [4.78, 5) is 44.7. The number of carbonyl (C=O) groups is 3. The SMILES string of the molecule is O=C(O)c1cc2c(Br)c(N3CCCN(C(=O)c4c(Cl)cccc4Cl)CC3)ccc2o1.O=C(c1cc2c(Br)c(N3CCN(S(=O)(=O)c4c(Cl)cccc4Cl)CC3)ccc2o1)N1CCOCC1. The molecule has 342 valence electrons. The number of ether oxygens (including phenoxy) is 1. The topological polar surface area (TPSA) is 157 Å². The van der Waals surface area contributed by atoms with E-state index in [-0.39, 0.29) is 51.4 Å². The molecule has 2 amide bonds. The third-order valence-corrected chi connectivity index (χ3v) is 16.5. The summed E-state index contributed by atoms with van der Waals surface area (Å²) in [5, 5.41) is 11.6. The summed E-state index contributed by atoms with van der Waals surface area (Å²) in [7, 11) is -3.83. The Hall–Kier alpha value is -4.04. The van der Waals surface area contributed by atoms with E-state index < -0.39 is 16.0 Å². The van der Waals surface area contributed by atoms with E-state index in [2.05, 4.69) is 41.7 Å². The molecule has 9 rings (SSSR count). The van der Waals surface area contributed by atoms with E-state index in [1.54, 1.807) is 46.2 Å². The van der Waals surface area contributed by atoms with Crippen LogP contribution in [0.1, 0.15) is 37.9 Å². The van der Waals surface area contributed by atoms with Crippen LogP contribution in [0.2, 0.25) is 20.1 Å². The number of fused-ring (bicyclic) bond motifs is 2. The van der Waals surface area contributed by atoms with Crippen molar-refractivity contribution >= 4 is 139 Å². The predicted octanol–water partition coefficient (Wildman–Crippen LogP) is 10.0. The Morgan fingerprint density at radius 1 is 0.585 bits per heavy atom. The van der Waals surface area contributed by atoms with Gasteiger partial charge in [0.2, 0.25) is 15.8 Å². The average molecular weight is 1120 g/mol. The van der Waals surface area contributed by atoms with Crippen molar-refractivity contribution in [2.24, 2.45) is 0 Å². The largest absolute Gasteiger partial charge is 0.475 e. The number of anilines is 2. The molecule has 14 nitrogen and oxygen atoms in total. The van der Waals surface area contributed by atoms with Crippen molar-refractivity contribution in [1.29, 1.82) is 0 Å². The summed E-state index contributed by atoms with van der Waals surface area (Å²) in [6.07, 6.45) is 0.768. The lowest BCUT2D eigenvalue weighted by Gasteiger charge is -2.36. The highest BCUT2D eigenvalue weighted by atomic mass is 79.9. The Kier molecular flexibility index (Phi) is 14.6. The normalized spacial score (nSPS) is 16.4. The van der Waals surface area contributed by atoms with Crippen LogP contribution in [-0.4, -0.2) is 124 Å². The molecule has 1 N–H and O–H groups in total. The molecular weight excluding hydrogens is 1080 g/mol. The molecule has 2 aromatic heterocycles. The van der Waals surface area contributed by atoms with Crippen molar-refractivity contribution in [1.82, 2.24) is 14.1 Å². The minimum atomic E-state index is -3.83. The molecule has 21 heteroatoms. The average Bonchev–Trinajstić information content (AvgIpc) is 3.86. The van der Waals surface area contributed by atoms with Crippen LogP contribution >= 0.6 is 78.3 Å². The second-order valence-corrected chi connectivity index (χ2v) is 20.3. The zero-order valence-corrected chi connectivity index (χ0v) is 41.3. The number of rotatable bonds is 7. The Balaban J connectivity index is 0.000000179. The van der Waals surface area contributed by atoms with E-state index in [1.165, 1.54) is 22.5 Å². The lowest BCUT2D eigenvalue weighted by molar-refractivity contribution is 0.0284. The van der Waals surface area contributed by atoms with Crippen LogP contribution in [0.4, 0.5) is 11.4 Å². The monoisotopic (exact) mass is 1110 g/mol. The Morgan fingerprint density at radius 2 is 1.08 bits per heavy atom. The molecule has 0 unspecified atom stereocenters. The van der Waals surface area contributed by atoms with Gasteiger partial charge in [0, 0.05) is 82.3 Å². The van der Waals surface area contributed by atoms with Crippen molar-refractivity contribution < 1.29 is 41.5 Å². The maximum Gasteiger partial charge on any atom is 0.371 e. The van der Waals surface area contributed by atoms with Gasteiger partial charge in [0.25, 0.3) is 11.8 Å². The lowest BCUT2D eigenvalue weighted by Crippen LogP contribution is -2.48. The highest BCUT2D eigenvalue weighted by molar-refractivity contribution is 9.11. The molecule has 3 aliphatic rings. The fraction of sp³-hybridized carbons (Fsp3) is 0.295. The number of piperazine rings is 1. The summed E-state index contributed by atoms with van der Waals surface area (Å²) in [5.41, 5.74) is 3.26. The van der Waals surface area contributed by atoms with Gasteiger partial charge in [-0.3, -0.25) is 9.59 Å². The zero-order chi connectivity index (χ0) is 46.2. The summed E-state index contributed by atoms with van der Waals surface area (Å²) in [6.45, 7) is 6.07. The van der Waals surface area contributed by atoms with Crippen LogP contribution in [0, 0.1) is 0 Å². The van der Waals surface area contributed by atoms with Gasteiger partial charge in [0.15, 0.2) is 5.76 Å². The molecule has 0 spiro atoms. The van der Waals surface area contributed by atoms with Crippen LogP contribution in [0.5, 0.6) is 0 Å². The molecule has 0 radical (unpaired) electrons. The van der Waals surface area contributed by atoms with E-state index in [9.17, 15) is 27.9 Å². The number of halogens is 6. The molecule has 5 heterocycles. The van der Waals surface area contributed by atoms with E-state index >= 15 is 0 Å². The van der Waals surface area contributed by atoms with Gasteiger partial charge in [0.1, 0.15) is 16.1 Å². The molecule has 0 atom stereocenters. The first-order valence-electron chi connectivity index (χ1n) is 20.4. The van der Waals surface area contributed by atoms with Crippen molar-refractivity contribution in [2.75, 3.05) is 88.5 Å². The second-order valence-electron chi connectivity index (χ2n) is 15.2. The molecule has 65 heavy (non-hydrogen) atoms. The first kappa shape index (κ1) is 47.5. The summed E-state index contributed by atoms with van der Waals surface area (Å²) in [6, 6.07) is 20.4. The highest BCUT2D eigenvalue weighted by Crippen LogP contribution is 2.39. The maximum atomic E-state index is 13.2. The number of hydrogen-bond donors (Lipinski definition) is 1. The first-order chi connectivity index (χ1) is 31.1. The van der Waals surface area contributed by atoms with Gasteiger partial charge in [-0.05, 0) is 92.9 Å². The van der Waals surface area contributed by atoms with Crippen molar-refractivity contribution in [3.8, 4) is 0 Å². The number of nitrogens with zero attached hydrogens (tertiary/aromatic N) is 5. The van der Waals surface area contributed by atoms with E-state index in [0.717, 1.165) is 38.7 Å². The fourth-order valence-electron chi connectivity index (χ4n) is 8.00.